The maximum Gasteiger partial charge on any atom is 0.262 e. The number of ether oxygens (including phenoxy) is 1. The number of hydrogen-bond acceptors (Lipinski definition) is 11. The summed E-state index contributed by atoms with van der Waals surface area (Å²) < 4.78 is 8.12. The van der Waals surface area contributed by atoms with Crippen molar-refractivity contribution in [3.8, 4) is 22.8 Å². The van der Waals surface area contributed by atoms with Crippen molar-refractivity contribution in [3.05, 3.63) is 90.3 Å². The lowest BCUT2D eigenvalue weighted by atomic mass is 9.57. The molecular weight excluding hydrogens is 759 g/mol. The topological polar surface area (TPSA) is 169 Å². The molecule has 3 aromatic carbocycles. The molecule has 5 fully saturated rings. The zero-order valence-corrected chi connectivity index (χ0v) is 33.4. The van der Waals surface area contributed by atoms with Crippen molar-refractivity contribution in [2.24, 2.45) is 10.8 Å². The molecule has 60 heavy (non-hydrogen) atoms. The predicted octanol–water partition coefficient (Wildman–Crippen LogP) is 6.14. The summed E-state index contributed by atoms with van der Waals surface area (Å²) in [6.45, 7) is 4.08. The summed E-state index contributed by atoms with van der Waals surface area (Å²) in [6.07, 6.45) is 11.1. The Balaban J connectivity index is 0.685. The third-order valence-corrected chi connectivity index (χ3v) is 14.6. The highest BCUT2D eigenvalue weighted by molar-refractivity contribution is 6.23. The van der Waals surface area contributed by atoms with Crippen molar-refractivity contribution >= 4 is 46.2 Å². The van der Waals surface area contributed by atoms with Gasteiger partial charge >= 0.3 is 0 Å². The standard InChI is InChI=1S/C46H47N9O5/c47-40-38-39(28-6-9-33(10-7-28)60-32-4-2-1-3-5-32)51-55(41(38)49-27-48-40)31-25-46(26-31)16-20-53(21-17-46)30-23-45(24-30)14-18-52(19-15-45)29-8-11-34-35(22-29)44(59)54(43(34)58)36-12-13-37(56)50-42(36)57/h1-11,22,27,30-31,36H,12-21,23-26H2,(H2,47,48,49)(H,50,56,57). The summed E-state index contributed by atoms with van der Waals surface area (Å²) in [5, 5.41) is 8.21. The molecule has 14 heteroatoms. The minimum atomic E-state index is -0.958. The number of nitrogens with one attached hydrogen (secondary N) is 1. The van der Waals surface area contributed by atoms with Gasteiger partial charge in [0.05, 0.1) is 22.6 Å². The number of nitrogen functional groups attached to an aromatic ring is 1. The lowest BCUT2D eigenvalue weighted by molar-refractivity contribution is -0.136. The zero-order valence-electron chi connectivity index (χ0n) is 33.4. The number of piperidine rings is 3. The van der Waals surface area contributed by atoms with Crippen LogP contribution in [0.2, 0.25) is 0 Å². The average Bonchev–Trinajstić information content (AvgIpc) is 3.74. The summed E-state index contributed by atoms with van der Waals surface area (Å²) in [4.78, 5) is 65.9. The molecule has 6 aliphatic rings. The average molecular weight is 806 g/mol. The smallest absolute Gasteiger partial charge is 0.262 e. The number of nitrogens with zero attached hydrogens (tertiary/aromatic N) is 7. The Kier molecular flexibility index (Phi) is 8.59. The molecule has 1 atom stereocenters. The first-order chi connectivity index (χ1) is 29.1. The molecule has 2 aliphatic carbocycles. The second kappa shape index (κ2) is 14.0. The maximum absolute atomic E-state index is 13.4. The minimum Gasteiger partial charge on any atom is -0.457 e. The van der Waals surface area contributed by atoms with Crippen LogP contribution in [0.3, 0.4) is 0 Å². The minimum absolute atomic E-state index is 0.105. The van der Waals surface area contributed by atoms with Gasteiger partial charge in [0.25, 0.3) is 11.8 Å². The highest BCUT2D eigenvalue weighted by Crippen LogP contribution is 2.58. The number of anilines is 2. The number of nitrogens with two attached hydrogens (primary N) is 1. The number of carbonyl (C=O) groups excluding carboxylic acids is 4. The first kappa shape index (κ1) is 36.9. The quantitative estimate of drug-likeness (QED) is 0.182. The van der Waals surface area contributed by atoms with E-state index in [-0.39, 0.29) is 24.8 Å². The van der Waals surface area contributed by atoms with Crippen molar-refractivity contribution in [1.29, 1.82) is 0 Å². The van der Waals surface area contributed by atoms with Gasteiger partial charge in [0.1, 0.15) is 35.4 Å². The van der Waals surface area contributed by atoms with Crippen LogP contribution >= 0.6 is 0 Å². The van der Waals surface area contributed by atoms with E-state index in [0.717, 1.165) is 96.2 Å². The van der Waals surface area contributed by atoms with E-state index in [1.807, 2.05) is 66.7 Å². The van der Waals surface area contributed by atoms with Crippen molar-refractivity contribution in [2.75, 3.05) is 36.8 Å². The Morgan fingerprint density at radius 2 is 1.40 bits per heavy atom. The fourth-order valence-electron chi connectivity index (χ4n) is 11.1. The molecule has 5 aromatic rings. The van der Waals surface area contributed by atoms with E-state index in [0.29, 0.717) is 33.8 Å². The lowest BCUT2D eigenvalue weighted by Gasteiger charge is -2.59. The Hall–Kier alpha value is -6.15. The van der Waals surface area contributed by atoms with Crippen molar-refractivity contribution in [3.63, 3.8) is 0 Å². The van der Waals surface area contributed by atoms with Gasteiger partial charge in [0, 0.05) is 36.8 Å². The van der Waals surface area contributed by atoms with E-state index < -0.39 is 23.8 Å². The molecular formula is C46H47N9O5. The van der Waals surface area contributed by atoms with Gasteiger partial charge in [0.2, 0.25) is 11.8 Å². The van der Waals surface area contributed by atoms with Crippen LogP contribution < -0.4 is 20.7 Å². The summed E-state index contributed by atoms with van der Waals surface area (Å²) in [6, 6.07) is 23.1. The van der Waals surface area contributed by atoms with Crippen molar-refractivity contribution in [2.45, 2.75) is 82.3 Å². The molecule has 3 saturated heterocycles. The molecule has 4 amide bonds. The summed E-state index contributed by atoms with van der Waals surface area (Å²) in [5.74, 6) is 0.0816. The largest absolute Gasteiger partial charge is 0.457 e. The maximum atomic E-state index is 13.4. The number of amides is 4. The first-order valence-electron chi connectivity index (χ1n) is 21.3. The van der Waals surface area contributed by atoms with Gasteiger partial charge in [0.15, 0.2) is 5.65 Å². The molecule has 4 aliphatic heterocycles. The van der Waals surface area contributed by atoms with Gasteiger partial charge in [-0.15, -0.1) is 0 Å². The van der Waals surface area contributed by atoms with Gasteiger partial charge in [-0.05, 0) is 136 Å². The number of likely N-dealkylation sites (tertiary alicyclic amines) is 1. The monoisotopic (exact) mass is 805 g/mol. The van der Waals surface area contributed by atoms with Crippen LogP contribution in [0.1, 0.15) is 91.0 Å². The van der Waals surface area contributed by atoms with Gasteiger partial charge in [-0.1, -0.05) is 18.2 Å². The SMILES string of the molecule is Nc1ncnc2c1c(-c1ccc(Oc3ccccc3)cc1)nn2C1CC2(CCN(C3CC4(CCN(c5ccc6c(c5)C(=O)N(C5CCC(=O)NC5=O)C6=O)CC4)C3)CC2)C1. The van der Waals surface area contributed by atoms with E-state index in [9.17, 15) is 19.2 Å². The third kappa shape index (κ3) is 6.13. The molecule has 0 radical (unpaired) electrons. The number of fused-ring (bicyclic) bond motifs is 2. The van der Waals surface area contributed by atoms with Crippen molar-refractivity contribution in [1.82, 2.24) is 34.9 Å². The summed E-state index contributed by atoms with van der Waals surface area (Å²) >= 11 is 0. The summed E-state index contributed by atoms with van der Waals surface area (Å²) in [7, 11) is 0. The fourth-order valence-corrected chi connectivity index (χ4v) is 11.1. The van der Waals surface area contributed by atoms with Gasteiger partial charge in [-0.3, -0.25) is 29.4 Å². The Morgan fingerprint density at radius 3 is 2.12 bits per heavy atom. The van der Waals surface area contributed by atoms with E-state index in [1.165, 1.54) is 32.0 Å². The number of aromatic nitrogens is 4. The van der Waals surface area contributed by atoms with Gasteiger partial charge < -0.3 is 20.3 Å². The molecule has 1 unspecified atom stereocenters. The molecule has 2 spiro atoms. The van der Waals surface area contributed by atoms with Gasteiger partial charge in [-0.25, -0.2) is 14.6 Å². The van der Waals surface area contributed by atoms with Crippen LogP contribution in [0.4, 0.5) is 11.5 Å². The Labute approximate surface area is 347 Å². The molecule has 3 N–H and O–H groups in total. The van der Waals surface area contributed by atoms with Crippen LogP contribution in [0.15, 0.2) is 79.1 Å². The van der Waals surface area contributed by atoms with E-state index in [4.69, 9.17) is 15.6 Å². The predicted molar refractivity (Wildman–Crippen MR) is 223 cm³/mol. The number of imide groups is 2. The number of para-hydroxylation sites is 1. The van der Waals surface area contributed by atoms with Crippen LogP contribution in [0.5, 0.6) is 11.5 Å². The van der Waals surface area contributed by atoms with Crippen molar-refractivity contribution < 1.29 is 23.9 Å². The van der Waals surface area contributed by atoms with E-state index >= 15 is 0 Å². The first-order valence-corrected chi connectivity index (χ1v) is 21.3. The Bertz CT molecular complexity index is 2540. The fraction of sp³-hybridized carbons (Fsp3) is 0.413. The summed E-state index contributed by atoms with van der Waals surface area (Å²) in [5.41, 5.74) is 11.3. The normalized spacial score (nSPS) is 23.8. The zero-order chi connectivity index (χ0) is 40.8. The molecule has 6 heterocycles. The molecule has 2 aromatic heterocycles. The molecule has 2 saturated carbocycles. The lowest BCUT2D eigenvalue weighted by Crippen LogP contribution is -2.58. The second-order valence-corrected chi connectivity index (χ2v) is 18.0. The van der Waals surface area contributed by atoms with E-state index in [1.54, 1.807) is 6.07 Å². The number of hydrogen-bond donors (Lipinski definition) is 2. The van der Waals surface area contributed by atoms with Crippen LogP contribution in [-0.4, -0.2) is 91.4 Å². The molecule has 14 nitrogen and oxygen atoms in total. The Morgan fingerprint density at radius 1 is 0.733 bits per heavy atom. The number of benzene rings is 3. The van der Waals surface area contributed by atoms with Crippen LogP contribution in [0, 0.1) is 10.8 Å². The van der Waals surface area contributed by atoms with E-state index in [2.05, 4.69) is 29.8 Å². The molecule has 11 rings (SSSR count). The third-order valence-electron chi connectivity index (χ3n) is 14.6. The highest BCUT2D eigenvalue weighted by atomic mass is 16.5. The number of rotatable bonds is 7. The van der Waals surface area contributed by atoms with Crippen LogP contribution in [-0.2, 0) is 9.59 Å². The highest BCUT2D eigenvalue weighted by Gasteiger charge is 2.52. The van der Waals surface area contributed by atoms with Gasteiger partial charge in [-0.2, -0.15) is 5.10 Å². The molecule has 0 bridgehead atoms. The molecule has 306 valence electrons. The number of carbonyl (C=O) groups is 4. The van der Waals surface area contributed by atoms with Crippen LogP contribution in [0.25, 0.3) is 22.3 Å². The second-order valence-electron chi connectivity index (χ2n) is 18.0.